The fourth-order valence-electron chi connectivity index (χ4n) is 2.77. The Balaban J connectivity index is 1.61. The minimum Gasteiger partial charge on any atom is -0.490 e. The lowest BCUT2D eigenvalue weighted by Crippen LogP contribution is -2.39. The summed E-state index contributed by atoms with van der Waals surface area (Å²) in [5.74, 6) is 0.688. The maximum Gasteiger partial charge on any atom is 0.419 e. The first-order chi connectivity index (χ1) is 13.5. The molecule has 0 aromatic heterocycles. The molecule has 2 aliphatic heterocycles. The monoisotopic (exact) mass is 432 g/mol. The SMILES string of the molecule is O=C1NC(=S)SC1=Cc1ccc2c(c1)N(C(=O)Oc1cccc(Cl)c1)CCO2. The summed E-state index contributed by atoms with van der Waals surface area (Å²) in [7, 11) is 0. The molecule has 2 aromatic carbocycles. The van der Waals surface area contributed by atoms with Crippen LogP contribution in [0.4, 0.5) is 10.5 Å². The van der Waals surface area contributed by atoms with Crippen LogP contribution in [0.2, 0.25) is 5.02 Å². The zero-order valence-corrected chi connectivity index (χ0v) is 16.7. The van der Waals surface area contributed by atoms with Gasteiger partial charge in [-0.3, -0.25) is 9.69 Å². The molecule has 0 saturated carbocycles. The van der Waals surface area contributed by atoms with Crippen LogP contribution < -0.4 is 19.7 Å². The first-order valence-corrected chi connectivity index (χ1v) is 9.86. The van der Waals surface area contributed by atoms with Gasteiger partial charge in [0.05, 0.1) is 17.1 Å². The molecule has 0 bridgehead atoms. The lowest BCUT2D eigenvalue weighted by Gasteiger charge is -2.29. The van der Waals surface area contributed by atoms with Crippen molar-refractivity contribution < 1.29 is 19.1 Å². The molecule has 1 fully saturated rings. The standard InChI is InChI=1S/C19H13ClN2O4S2/c20-12-2-1-3-13(10-12)26-19(24)22-6-7-25-15-5-4-11(8-14(15)22)9-16-17(23)21-18(27)28-16/h1-5,8-10H,6-7H2,(H,21,23,27). The fourth-order valence-corrected chi connectivity index (χ4v) is 4.00. The Morgan fingerprint density at radius 1 is 1.32 bits per heavy atom. The number of thiocarbonyl (C=S) groups is 1. The molecule has 0 unspecified atom stereocenters. The minimum absolute atomic E-state index is 0.235. The summed E-state index contributed by atoms with van der Waals surface area (Å²) in [6, 6.07) is 12.0. The largest absolute Gasteiger partial charge is 0.490 e. The van der Waals surface area contributed by atoms with Gasteiger partial charge >= 0.3 is 6.09 Å². The number of amides is 2. The molecule has 1 N–H and O–H groups in total. The van der Waals surface area contributed by atoms with Crippen LogP contribution in [0.5, 0.6) is 11.5 Å². The summed E-state index contributed by atoms with van der Waals surface area (Å²) < 4.78 is 11.5. The first kappa shape index (κ1) is 18.8. The highest BCUT2D eigenvalue weighted by atomic mass is 35.5. The second kappa shape index (κ2) is 7.83. The number of carbonyl (C=O) groups excluding carboxylic acids is 2. The molecule has 2 aliphatic rings. The van der Waals surface area contributed by atoms with E-state index in [0.717, 1.165) is 5.56 Å². The Hall–Kier alpha value is -2.55. The van der Waals surface area contributed by atoms with Crippen LogP contribution in [0.3, 0.4) is 0 Å². The molecular weight excluding hydrogens is 420 g/mol. The van der Waals surface area contributed by atoms with Crippen molar-refractivity contribution in [2.75, 3.05) is 18.1 Å². The molecule has 28 heavy (non-hydrogen) atoms. The third kappa shape index (κ3) is 3.99. The van der Waals surface area contributed by atoms with Crippen molar-refractivity contribution in [1.29, 1.82) is 0 Å². The minimum atomic E-state index is -0.536. The number of hydrogen-bond donors (Lipinski definition) is 1. The number of hydrogen-bond acceptors (Lipinski definition) is 6. The average molecular weight is 433 g/mol. The highest BCUT2D eigenvalue weighted by molar-refractivity contribution is 8.26. The van der Waals surface area contributed by atoms with Gasteiger partial charge in [0.15, 0.2) is 0 Å². The van der Waals surface area contributed by atoms with E-state index in [1.165, 1.54) is 16.7 Å². The van der Waals surface area contributed by atoms with Gasteiger partial charge in [-0.25, -0.2) is 4.79 Å². The molecule has 9 heteroatoms. The number of halogens is 1. The summed E-state index contributed by atoms with van der Waals surface area (Å²) in [6.45, 7) is 0.691. The van der Waals surface area contributed by atoms with Crippen LogP contribution in [0, 0.1) is 0 Å². The predicted molar refractivity (Wildman–Crippen MR) is 113 cm³/mol. The van der Waals surface area contributed by atoms with E-state index < -0.39 is 6.09 Å². The fraction of sp³-hybridized carbons (Fsp3) is 0.105. The Morgan fingerprint density at radius 3 is 2.93 bits per heavy atom. The highest BCUT2D eigenvalue weighted by Crippen LogP contribution is 2.35. The van der Waals surface area contributed by atoms with Crippen LogP contribution in [-0.4, -0.2) is 29.5 Å². The molecule has 0 aliphatic carbocycles. The summed E-state index contributed by atoms with van der Waals surface area (Å²) >= 11 is 12.1. The second-order valence-electron chi connectivity index (χ2n) is 5.90. The van der Waals surface area contributed by atoms with Crippen molar-refractivity contribution in [2.24, 2.45) is 0 Å². The van der Waals surface area contributed by atoms with Gasteiger partial charge in [-0.15, -0.1) is 0 Å². The van der Waals surface area contributed by atoms with Gasteiger partial charge in [-0.1, -0.05) is 47.7 Å². The number of nitrogens with one attached hydrogen (secondary N) is 1. The Bertz CT molecular complexity index is 1020. The van der Waals surface area contributed by atoms with E-state index in [0.29, 0.717) is 44.6 Å². The number of carbonyl (C=O) groups is 2. The Labute approximate surface area is 175 Å². The van der Waals surface area contributed by atoms with Crippen molar-refractivity contribution in [2.45, 2.75) is 0 Å². The smallest absolute Gasteiger partial charge is 0.419 e. The first-order valence-electron chi connectivity index (χ1n) is 8.26. The van der Waals surface area contributed by atoms with E-state index in [2.05, 4.69) is 5.32 Å². The lowest BCUT2D eigenvalue weighted by molar-refractivity contribution is -0.115. The van der Waals surface area contributed by atoms with Crippen molar-refractivity contribution in [3.63, 3.8) is 0 Å². The van der Waals surface area contributed by atoms with E-state index in [1.807, 2.05) is 6.07 Å². The zero-order chi connectivity index (χ0) is 19.7. The quantitative estimate of drug-likeness (QED) is 0.566. The van der Waals surface area contributed by atoms with E-state index in [-0.39, 0.29) is 5.91 Å². The molecule has 1 saturated heterocycles. The number of ether oxygens (including phenoxy) is 2. The summed E-state index contributed by atoms with van der Waals surface area (Å²) in [4.78, 5) is 26.6. The van der Waals surface area contributed by atoms with Gasteiger partial charge in [0.25, 0.3) is 5.91 Å². The third-order valence-electron chi connectivity index (χ3n) is 4.01. The third-order valence-corrected chi connectivity index (χ3v) is 5.41. The number of benzene rings is 2. The summed E-state index contributed by atoms with van der Waals surface area (Å²) in [6.07, 6.45) is 1.18. The van der Waals surface area contributed by atoms with Gasteiger partial charge in [-0.05, 0) is 42.0 Å². The Kier molecular flexibility index (Phi) is 5.25. The van der Waals surface area contributed by atoms with Crippen LogP contribution in [-0.2, 0) is 4.79 Å². The molecule has 6 nitrogen and oxygen atoms in total. The van der Waals surface area contributed by atoms with E-state index in [9.17, 15) is 9.59 Å². The molecule has 2 heterocycles. The number of fused-ring (bicyclic) bond motifs is 1. The summed E-state index contributed by atoms with van der Waals surface area (Å²) in [5, 5.41) is 3.05. The predicted octanol–water partition coefficient (Wildman–Crippen LogP) is 4.23. The molecule has 0 radical (unpaired) electrons. The molecule has 142 valence electrons. The maximum atomic E-state index is 12.7. The second-order valence-corrected chi connectivity index (χ2v) is 8.06. The van der Waals surface area contributed by atoms with Crippen LogP contribution in [0.15, 0.2) is 47.4 Å². The number of rotatable bonds is 2. The van der Waals surface area contributed by atoms with Crippen molar-refractivity contribution >= 4 is 63.7 Å². The van der Waals surface area contributed by atoms with E-state index in [4.69, 9.17) is 33.3 Å². The molecule has 0 spiro atoms. The molecular formula is C19H13ClN2O4S2. The molecule has 2 aromatic rings. The topological polar surface area (TPSA) is 67.9 Å². The van der Waals surface area contributed by atoms with Gasteiger partial charge in [0.2, 0.25) is 0 Å². The van der Waals surface area contributed by atoms with Gasteiger partial charge in [0, 0.05) is 5.02 Å². The highest BCUT2D eigenvalue weighted by Gasteiger charge is 2.27. The average Bonchev–Trinajstić information content (AvgIpc) is 2.98. The Morgan fingerprint density at radius 2 is 2.18 bits per heavy atom. The van der Waals surface area contributed by atoms with Crippen molar-refractivity contribution in [3.8, 4) is 11.5 Å². The zero-order valence-electron chi connectivity index (χ0n) is 14.3. The normalized spacial score (nSPS) is 17.2. The number of thioether (sulfide) groups is 1. The van der Waals surface area contributed by atoms with Gasteiger partial charge < -0.3 is 14.8 Å². The summed E-state index contributed by atoms with van der Waals surface area (Å²) in [5.41, 5.74) is 1.31. The maximum absolute atomic E-state index is 12.7. The van der Waals surface area contributed by atoms with Crippen molar-refractivity contribution in [3.05, 3.63) is 58.0 Å². The van der Waals surface area contributed by atoms with Crippen molar-refractivity contribution in [1.82, 2.24) is 5.32 Å². The molecule has 2 amide bonds. The molecule has 0 atom stereocenters. The molecule has 4 rings (SSSR count). The van der Waals surface area contributed by atoms with E-state index >= 15 is 0 Å². The van der Waals surface area contributed by atoms with Crippen LogP contribution in [0.25, 0.3) is 6.08 Å². The number of anilines is 1. The van der Waals surface area contributed by atoms with E-state index in [1.54, 1.807) is 42.5 Å². The van der Waals surface area contributed by atoms with Crippen LogP contribution in [0.1, 0.15) is 5.56 Å². The van der Waals surface area contributed by atoms with Gasteiger partial charge in [-0.2, -0.15) is 0 Å². The van der Waals surface area contributed by atoms with Crippen LogP contribution >= 0.6 is 35.6 Å². The van der Waals surface area contributed by atoms with Gasteiger partial charge in [0.1, 0.15) is 22.4 Å². The number of nitrogens with zero attached hydrogens (tertiary/aromatic N) is 1. The lowest BCUT2D eigenvalue weighted by atomic mass is 10.1.